The number of phenolic OH excluding ortho intramolecular Hbond substituents is 1. The summed E-state index contributed by atoms with van der Waals surface area (Å²) >= 11 is 4.50. The Hall–Kier alpha value is -2.72. The number of carbonyl (C=O) groups excluding carboxylic acids is 1. The van der Waals surface area contributed by atoms with Gasteiger partial charge < -0.3 is 5.11 Å². The van der Waals surface area contributed by atoms with Gasteiger partial charge in [-0.1, -0.05) is 45.9 Å². The van der Waals surface area contributed by atoms with E-state index in [1.54, 1.807) is 16.8 Å². The van der Waals surface area contributed by atoms with Crippen molar-refractivity contribution in [1.82, 2.24) is 25.6 Å². The summed E-state index contributed by atoms with van der Waals surface area (Å²) < 4.78 is 2.35. The van der Waals surface area contributed by atoms with Gasteiger partial charge in [-0.3, -0.25) is 4.79 Å². The molecule has 1 amide bonds. The molecule has 0 spiro atoms. The lowest BCUT2D eigenvalue weighted by Gasteiger charge is -2.03. The number of carbonyl (C=O) groups is 1. The molecule has 26 heavy (non-hydrogen) atoms. The van der Waals surface area contributed by atoms with E-state index in [9.17, 15) is 9.90 Å². The molecule has 3 rings (SSSR count). The first kappa shape index (κ1) is 18.1. The van der Waals surface area contributed by atoms with E-state index in [4.69, 9.17) is 0 Å². The molecule has 0 aliphatic heterocycles. The van der Waals surface area contributed by atoms with Crippen LogP contribution in [0.2, 0.25) is 0 Å². The highest BCUT2D eigenvalue weighted by molar-refractivity contribution is 9.10. The van der Waals surface area contributed by atoms with E-state index in [-0.39, 0.29) is 17.4 Å². The Morgan fingerprint density at radius 1 is 1.31 bits per heavy atom. The molecule has 0 saturated heterocycles. The molecular formula is C16H13BrN6O2S. The summed E-state index contributed by atoms with van der Waals surface area (Å²) in [5.41, 5.74) is 3.70. The SMILES string of the molecule is O=C(CSc1nnnn1-c1ccccc1)N/N=C/c1cc(Br)ccc1O. The van der Waals surface area contributed by atoms with Gasteiger partial charge in [0.25, 0.3) is 5.91 Å². The van der Waals surface area contributed by atoms with Gasteiger partial charge in [0.15, 0.2) is 0 Å². The summed E-state index contributed by atoms with van der Waals surface area (Å²) in [6.07, 6.45) is 1.37. The van der Waals surface area contributed by atoms with Crippen molar-refractivity contribution in [2.24, 2.45) is 5.10 Å². The summed E-state index contributed by atoms with van der Waals surface area (Å²) in [5, 5.41) is 25.6. The first-order chi connectivity index (χ1) is 12.6. The van der Waals surface area contributed by atoms with Gasteiger partial charge in [-0.25, -0.2) is 5.43 Å². The number of rotatable bonds is 6. The molecule has 0 saturated carbocycles. The monoisotopic (exact) mass is 432 g/mol. The van der Waals surface area contributed by atoms with Gasteiger partial charge in [-0.05, 0) is 40.8 Å². The normalized spacial score (nSPS) is 11.0. The Morgan fingerprint density at radius 2 is 2.12 bits per heavy atom. The third-order valence-corrected chi connectivity index (χ3v) is 4.57. The molecule has 1 heterocycles. The highest BCUT2D eigenvalue weighted by Crippen LogP contribution is 2.20. The molecule has 2 N–H and O–H groups in total. The van der Waals surface area contributed by atoms with Crippen LogP contribution in [0.4, 0.5) is 0 Å². The number of nitrogens with zero attached hydrogens (tertiary/aromatic N) is 5. The summed E-state index contributed by atoms with van der Waals surface area (Å²) in [7, 11) is 0. The van der Waals surface area contributed by atoms with Crippen LogP contribution in [0.1, 0.15) is 5.56 Å². The fourth-order valence-corrected chi connectivity index (χ4v) is 3.03. The largest absolute Gasteiger partial charge is 0.507 e. The van der Waals surface area contributed by atoms with Crippen LogP contribution in [0, 0.1) is 0 Å². The number of para-hydroxylation sites is 1. The Bertz CT molecular complexity index is 931. The Kier molecular flexibility index (Phi) is 5.97. The Labute approximate surface area is 161 Å². The number of aromatic nitrogens is 4. The summed E-state index contributed by atoms with van der Waals surface area (Å²) in [6, 6.07) is 14.3. The smallest absolute Gasteiger partial charge is 0.250 e. The van der Waals surface area contributed by atoms with Gasteiger partial charge in [0.2, 0.25) is 5.16 Å². The number of amides is 1. The summed E-state index contributed by atoms with van der Waals surface area (Å²) in [4.78, 5) is 11.9. The van der Waals surface area contributed by atoms with E-state index in [2.05, 4.69) is 42.0 Å². The third-order valence-electron chi connectivity index (χ3n) is 3.16. The first-order valence-electron chi connectivity index (χ1n) is 7.40. The lowest BCUT2D eigenvalue weighted by molar-refractivity contribution is -0.118. The van der Waals surface area contributed by atoms with Crippen LogP contribution in [0.15, 0.2) is 63.3 Å². The molecule has 1 aromatic heterocycles. The maximum absolute atomic E-state index is 11.9. The second kappa shape index (κ2) is 8.59. The quantitative estimate of drug-likeness (QED) is 0.351. The zero-order chi connectivity index (χ0) is 18.4. The van der Waals surface area contributed by atoms with Crippen LogP contribution in [0.3, 0.4) is 0 Å². The molecule has 0 radical (unpaired) electrons. The van der Waals surface area contributed by atoms with Gasteiger partial charge in [-0.2, -0.15) is 9.78 Å². The van der Waals surface area contributed by atoms with Crippen molar-refractivity contribution in [3.05, 3.63) is 58.6 Å². The molecule has 8 nitrogen and oxygen atoms in total. The molecule has 3 aromatic rings. The van der Waals surface area contributed by atoms with Crippen molar-refractivity contribution in [2.45, 2.75) is 5.16 Å². The van der Waals surface area contributed by atoms with Crippen LogP contribution >= 0.6 is 27.7 Å². The van der Waals surface area contributed by atoms with Crippen LogP contribution < -0.4 is 5.43 Å². The lowest BCUT2D eigenvalue weighted by atomic mass is 10.2. The molecule has 2 aromatic carbocycles. The molecule has 0 fully saturated rings. The lowest BCUT2D eigenvalue weighted by Crippen LogP contribution is -2.20. The Morgan fingerprint density at radius 3 is 2.92 bits per heavy atom. The van der Waals surface area contributed by atoms with E-state index in [0.29, 0.717) is 10.7 Å². The van der Waals surface area contributed by atoms with E-state index >= 15 is 0 Å². The molecule has 10 heteroatoms. The number of hydrogen-bond donors (Lipinski definition) is 2. The number of thioether (sulfide) groups is 1. The molecule has 0 unspecified atom stereocenters. The van der Waals surface area contributed by atoms with Crippen molar-refractivity contribution >= 4 is 39.8 Å². The predicted molar refractivity (Wildman–Crippen MR) is 101 cm³/mol. The molecule has 0 aliphatic rings. The number of aromatic hydroxyl groups is 1. The second-order valence-corrected chi connectivity index (χ2v) is 6.85. The number of benzene rings is 2. The fraction of sp³-hybridized carbons (Fsp3) is 0.0625. The first-order valence-corrected chi connectivity index (χ1v) is 9.18. The fourth-order valence-electron chi connectivity index (χ4n) is 1.97. The minimum absolute atomic E-state index is 0.0719. The van der Waals surface area contributed by atoms with Crippen LogP contribution in [0.5, 0.6) is 5.75 Å². The summed E-state index contributed by atoms with van der Waals surface area (Å²) in [5.74, 6) is -0.152. The maximum atomic E-state index is 11.9. The average Bonchev–Trinajstić information content (AvgIpc) is 3.12. The van der Waals surface area contributed by atoms with Gasteiger partial charge in [0, 0.05) is 10.0 Å². The number of hydrogen-bond acceptors (Lipinski definition) is 7. The van der Waals surface area contributed by atoms with Gasteiger partial charge in [-0.15, -0.1) is 5.10 Å². The number of nitrogens with one attached hydrogen (secondary N) is 1. The van der Waals surface area contributed by atoms with Gasteiger partial charge in [0.05, 0.1) is 17.7 Å². The predicted octanol–water partition coefficient (Wildman–Crippen LogP) is 2.37. The molecule has 0 aliphatic carbocycles. The zero-order valence-corrected chi connectivity index (χ0v) is 15.7. The standard InChI is InChI=1S/C16H13BrN6O2S/c17-12-6-7-14(24)11(8-12)9-18-19-15(25)10-26-16-20-21-22-23(16)13-4-2-1-3-5-13/h1-9,24H,10H2,(H,19,25)/b18-9+. The summed E-state index contributed by atoms with van der Waals surface area (Å²) in [6.45, 7) is 0. The van der Waals surface area contributed by atoms with Crippen molar-refractivity contribution in [3.8, 4) is 11.4 Å². The minimum Gasteiger partial charge on any atom is -0.507 e. The molecule has 132 valence electrons. The van der Waals surface area contributed by atoms with Crippen molar-refractivity contribution < 1.29 is 9.90 Å². The molecular weight excluding hydrogens is 420 g/mol. The number of hydrazone groups is 1. The van der Waals surface area contributed by atoms with Crippen LogP contribution in [-0.2, 0) is 4.79 Å². The highest BCUT2D eigenvalue weighted by Gasteiger charge is 2.11. The van der Waals surface area contributed by atoms with E-state index < -0.39 is 0 Å². The van der Waals surface area contributed by atoms with E-state index in [1.807, 2.05) is 30.3 Å². The number of halogens is 1. The molecule has 0 atom stereocenters. The van der Waals surface area contributed by atoms with Crippen LogP contribution in [0.25, 0.3) is 5.69 Å². The van der Waals surface area contributed by atoms with E-state index in [0.717, 1.165) is 10.2 Å². The minimum atomic E-state index is -0.316. The van der Waals surface area contributed by atoms with Gasteiger partial charge in [0.1, 0.15) is 5.75 Å². The maximum Gasteiger partial charge on any atom is 0.250 e. The van der Waals surface area contributed by atoms with E-state index in [1.165, 1.54) is 24.0 Å². The average molecular weight is 433 g/mol. The van der Waals surface area contributed by atoms with Crippen molar-refractivity contribution in [3.63, 3.8) is 0 Å². The molecule has 0 bridgehead atoms. The van der Waals surface area contributed by atoms with Crippen LogP contribution in [-0.4, -0.2) is 43.2 Å². The Balaban J connectivity index is 1.56. The zero-order valence-electron chi connectivity index (χ0n) is 13.3. The van der Waals surface area contributed by atoms with Crippen molar-refractivity contribution in [1.29, 1.82) is 0 Å². The number of phenols is 1. The number of tetrazole rings is 1. The highest BCUT2D eigenvalue weighted by atomic mass is 79.9. The topological polar surface area (TPSA) is 105 Å². The van der Waals surface area contributed by atoms with Crippen molar-refractivity contribution in [2.75, 3.05) is 5.75 Å². The second-order valence-electron chi connectivity index (χ2n) is 4.99. The van der Waals surface area contributed by atoms with Gasteiger partial charge >= 0.3 is 0 Å². The third kappa shape index (κ3) is 4.67.